The zero-order valence-corrected chi connectivity index (χ0v) is 13.6. The van der Waals surface area contributed by atoms with Crippen LogP contribution >= 0.6 is 15.9 Å². The molecule has 2 N–H and O–H groups in total. The summed E-state index contributed by atoms with van der Waals surface area (Å²) >= 11 is 3.49. The number of guanidine groups is 1. The molecule has 4 heteroatoms. The predicted octanol–water partition coefficient (Wildman–Crippen LogP) is 3.35. The Balaban J connectivity index is 2.38. The topological polar surface area (TPSA) is 36.4 Å². The van der Waals surface area contributed by atoms with Crippen LogP contribution in [0, 0.1) is 0 Å². The lowest BCUT2D eigenvalue weighted by molar-refractivity contribution is 0.696. The largest absolute Gasteiger partial charge is 0.357 e. The van der Waals surface area contributed by atoms with E-state index < -0.39 is 0 Å². The molecule has 106 valence electrons. The van der Waals surface area contributed by atoms with Gasteiger partial charge in [-0.15, -0.1) is 0 Å². The van der Waals surface area contributed by atoms with Gasteiger partial charge in [0.25, 0.3) is 0 Å². The maximum Gasteiger partial charge on any atom is 0.191 e. The van der Waals surface area contributed by atoms with E-state index in [1.165, 1.54) is 5.56 Å². The van der Waals surface area contributed by atoms with Crippen LogP contribution in [0.3, 0.4) is 0 Å². The van der Waals surface area contributed by atoms with E-state index in [0.717, 1.165) is 36.4 Å². The summed E-state index contributed by atoms with van der Waals surface area (Å²) in [5.74, 6) is 0.909. The van der Waals surface area contributed by atoms with Gasteiger partial charge in [0.2, 0.25) is 0 Å². The highest BCUT2D eigenvalue weighted by molar-refractivity contribution is 9.10. The Morgan fingerprint density at radius 1 is 1.37 bits per heavy atom. The minimum absolute atomic E-state index is 0.405. The average Bonchev–Trinajstić information content (AvgIpc) is 2.34. The Hall–Kier alpha value is -1.03. The van der Waals surface area contributed by atoms with Crippen LogP contribution in [0.25, 0.3) is 0 Å². The first kappa shape index (κ1) is 16.0. The summed E-state index contributed by atoms with van der Waals surface area (Å²) < 4.78 is 1.14. The molecule has 0 aliphatic heterocycles. The number of aryl methyl sites for hydroxylation is 1. The summed E-state index contributed by atoms with van der Waals surface area (Å²) in [6.45, 7) is 8.06. The number of nitrogens with zero attached hydrogens (tertiary/aromatic N) is 1. The number of benzene rings is 1. The van der Waals surface area contributed by atoms with E-state index in [0.29, 0.717) is 6.04 Å². The molecule has 0 spiro atoms. The molecule has 0 radical (unpaired) electrons. The Kier molecular flexibility index (Phi) is 7.56. The lowest BCUT2D eigenvalue weighted by Gasteiger charge is -2.13. The van der Waals surface area contributed by atoms with Crippen molar-refractivity contribution in [2.45, 2.75) is 39.7 Å². The summed E-state index contributed by atoms with van der Waals surface area (Å²) in [5, 5.41) is 6.57. The first-order valence-electron chi connectivity index (χ1n) is 6.91. The zero-order chi connectivity index (χ0) is 14.1. The molecule has 0 saturated carbocycles. The van der Waals surface area contributed by atoms with Crippen LogP contribution in [-0.4, -0.2) is 25.1 Å². The number of halogens is 1. The van der Waals surface area contributed by atoms with Gasteiger partial charge >= 0.3 is 0 Å². The van der Waals surface area contributed by atoms with Crippen LogP contribution in [0.4, 0.5) is 0 Å². The fourth-order valence-corrected chi connectivity index (χ4v) is 2.21. The van der Waals surface area contributed by atoms with Gasteiger partial charge in [-0.2, -0.15) is 0 Å². The van der Waals surface area contributed by atoms with Crippen LogP contribution in [0.2, 0.25) is 0 Å². The van der Waals surface area contributed by atoms with Crippen molar-refractivity contribution in [2.75, 3.05) is 13.1 Å². The molecule has 1 aromatic rings. The third-order valence-electron chi connectivity index (χ3n) is 2.55. The first-order valence-corrected chi connectivity index (χ1v) is 7.70. The highest BCUT2D eigenvalue weighted by Gasteiger charge is 1.99. The Bertz CT molecular complexity index is 402. The molecule has 19 heavy (non-hydrogen) atoms. The quantitative estimate of drug-likeness (QED) is 0.478. The fraction of sp³-hybridized carbons (Fsp3) is 0.533. The van der Waals surface area contributed by atoms with Crippen molar-refractivity contribution in [3.05, 3.63) is 34.3 Å². The molecule has 0 amide bonds. The lowest BCUT2D eigenvalue weighted by atomic mass is 10.1. The average molecular weight is 326 g/mol. The second-order valence-corrected chi connectivity index (χ2v) is 5.71. The molecule has 0 aromatic heterocycles. The minimum atomic E-state index is 0.405. The fourth-order valence-electron chi connectivity index (χ4n) is 1.76. The molecule has 0 fully saturated rings. The van der Waals surface area contributed by atoms with Crippen LogP contribution < -0.4 is 10.6 Å². The molecule has 0 saturated heterocycles. The Morgan fingerprint density at radius 3 is 2.79 bits per heavy atom. The number of aliphatic imine (C=N–C) groups is 1. The summed E-state index contributed by atoms with van der Waals surface area (Å²) in [7, 11) is 0. The second kappa shape index (κ2) is 8.97. The van der Waals surface area contributed by atoms with Gasteiger partial charge < -0.3 is 10.6 Å². The lowest BCUT2D eigenvalue weighted by Crippen LogP contribution is -2.41. The van der Waals surface area contributed by atoms with Crippen molar-refractivity contribution in [3.8, 4) is 0 Å². The summed E-state index contributed by atoms with van der Waals surface area (Å²) in [5.41, 5.74) is 1.35. The van der Waals surface area contributed by atoms with Crippen LogP contribution in [0.1, 0.15) is 32.8 Å². The predicted molar refractivity (Wildman–Crippen MR) is 86.7 cm³/mol. The molecule has 0 unspecified atom stereocenters. The van der Waals surface area contributed by atoms with Gasteiger partial charge in [-0.25, -0.2) is 0 Å². The van der Waals surface area contributed by atoms with E-state index in [9.17, 15) is 0 Å². The van der Waals surface area contributed by atoms with Gasteiger partial charge in [-0.1, -0.05) is 28.1 Å². The summed E-state index contributed by atoms with van der Waals surface area (Å²) in [6.07, 6.45) is 2.12. The van der Waals surface area contributed by atoms with Crippen molar-refractivity contribution < 1.29 is 0 Å². The van der Waals surface area contributed by atoms with Crippen molar-refractivity contribution in [2.24, 2.45) is 4.99 Å². The summed E-state index contributed by atoms with van der Waals surface area (Å²) in [6, 6.07) is 8.86. The SMILES string of the molecule is CCNC(=NCCCc1cccc(Br)c1)NC(C)C. The number of nitrogens with one attached hydrogen (secondary N) is 2. The van der Waals surface area contributed by atoms with Gasteiger partial charge in [0.15, 0.2) is 5.96 Å². The molecule has 0 bridgehead atoms. The first-order chi connectivity index (χ1) is 9.11. The second-order valence-electron chi connectivity index (χ2n) is 4.79. The number of hydrogen-bond donors (Lipinski definition) is 2. The third kappa shape index (κ3) is 7.21. The standard InChI is InChI=1S/C15H24BrN3/c1-4-17-15(19-12(2)3)18-10-6-8-13-7-5-9-14(16)11-13/h5,7,9,11-12H,4,6,8,10H2,1-3H3,(H2,17,18,19). The molecule has 0 aliphatic rings. The number of hydrogen-bond acceptors (Lipinski definition) is 1. The van der Waals surface area contributed by atoms with Crippen molar-refractivity contribution in [1.82, 2.24) is 10.6 Å². The maximum atomic E-state index is 4.57. The van der Waals surface area contributed by atoms with E-state index in [-0.39, 0.29) is 0 Å². The van der Waals surface area contributed by atoms with Crippen molar-refractivity contribution in [3.63, 3.8) is 0 Å². The monoisotopic (exact) mass is 325 g/mol. The highest BCUT2D eigenvalue weighted by atomic mass is 79.9. The summed E-state index contributed by atoms with van der Waals surface area (Å²) in [4.78, 5) is 4.57. The molecule has 0 atom stereocenters. The van der Waals surface area contributed by atoms with Crippen molar-refractivity contribution >= 4 is 21.9 Å². The van der Waals surface area contributed by atoms with E-state index in [1.54, 1.807) is 0 Å². The molecule has 0 heterocycles. The molecular formula is C15H24BrN3. The van der Waals surface area contributed by atoms with E-state index in [4.69, 9.17) is 0 Å². The smallest absolute Gasteiger partial charge is 0.191 e. The van der Waals surface area contributed by atoms with Gasteiger partial charge in [0.05, 0.1) is 0 Å². The molecular weight excluding hydrogens is 302 g/mol. The molecule has 0 aliphatic carbocycles. The third-order valence-corrected chi connectivity index (χ3v) is 3.05. The van der Waals surface area contributed by atoms with Gasteiger partial charge in [0.1, 0.15) is 0 Å². The highest BCUT2D eigenvalue weighted by Crippen LogP contribution is 2.12. The normalized spacial score (nSPS) is 11.7. The van der Waals surface area contributed by atoms with Gasteiger partial charge in [0, 0.05) is 23.6 Å². The number of rotatable bonds is 6. The van der Waals surface area contributed by atoms with Crippen LogP contribution in [-0.2, 0) is 6.42 Å². The van der Waals surface area contributed by atoms with E-state index >= 15 is 0 Å². The maximum absolute atomic E-state index is 4.57. The molecule has 3 nitrogen and oxygen atoms in total. The molecule has 1 aromatic carbocycles. The Morgan fingerprint density at radius 2 is 2.16 bits per heavy atom. The van der Waals surface area contributed by atoms with Crippen molar-refractivity contribution in [1.29, 1.82) is 0 Å². The Labute approximate surface area is 125 Å². The van der Waals surface area contributed by atoms with Crippen LogP contribution in [0.5, 0.6) is 0 Å². The van der Waals surface area contributed by atoms with Gasteiger partial charge in [-0.3, -0.25) is 4.99 Å². The van der Waals surface area contributed by atoms with E-state index in [1.807, 2.05) is 0 Å². The zero-order valence-electron chi connectivity index (χ0n) is 12.0. The minimum Gasteiger partial charge on any atom is -0.357 e. The molecule has 1 rings (SSSR count). The van der Waals surface area contributed by atoms with Crippen LogP contribution in [0.15, 0.2) is 33.7 Å². The van der Waals surface area contributed by atoms with Gasteiger partial charge in [-0.05, 0) is 51.3 Å². The van der Waals surface area contributed by atoms with E-state index in [2.05, 4.69) is 76.6 Å².